The molecule has 0 bridgehead atoms. The lowest BCUT2D eigenvalue weighted by Gasteiger charge is -2.26. The van der Waals surface area contributed by atoms with E-state index in [2.05, 4.69) is 240 Å². The van der Waals surface area contributed by atoms with Crippen LogP contribution in [0.2, 0.25) is 0 Å². The molecule has 0 aliphatic heterocycles. The molecule has 304 valence electrons. The molecule has 0 N–H and O–H groups in total. The lowest BCUT2D eigenvalue weighted by atomic mass is 9.98. The Morgan fingerprint density at radius 2 is 0.815 bits per heavy atom. The van der Waals surface area contributed by atoms with Gasteiger partial charge in [0.05, 0.1) is 11.0 Å². The first kappa shape index (κ1) is 36.9. The van der Waals surface area contributed by atoms with E-state index in [0.717, 1.165) is 55.8 Å². The number of hydrogen-bond donors (Lipinski definition) is 0. The third-order valence-corrected chi connectivity index (χ3v) is 13.2. The summed E-state index contributed by atoms with van der Waals surface area (Å²) in [6.07, 6.45) is 0. The highest BCUT2D eigenvalue weighted by molar-refractivity contribution is 6.13. The molecule has 3 heteroatoms. The molecule has 13 aromatic rings. The summed E-state index contributed by atoms with van der Waals surface area (Å²) in [6.45, 7) is 0. The molecule has 0 amide bonds. The van der Waals surface area contributed by atoms with Crippen molar-refractivity contribution in [3.63, 3.8) is 0 Å². The summed E-state index contributed by atoms with van der Waals surface area (Å²) in [6, 6.07) is 87.7. The number of rotatable bonds is 7. The van der Waals surface area contributed by atoms with Crippen LogP contribution in [0.1, 0.15) is 0 Å². The number of fused-ring (bicyclic) bond motifs is 9. The van der Waals surface area contributed by atoms with E-state index in [1.165, 1.54) is 65.6 Å². The van der Waals surface area contributed by atoms with Gasteiger partial charge in [-0.3, -0.25) is 0 Å². The normalized spacial score (nSPS) is 11.7. The first-order chi connectivity index (χ1) is 32.2. The Morgan fingerprint density at radius 3 is 1.52 bits per heavy atom. The summed E-state index contributed by atoms with van der Waals surface area (Å²) in [5.41, 5.74) is 15.7. The maximum atomic E-state index is 6.26. The van der Waals surface area contributed by atoms with Crippen molar-refractivity contribution in [2.75, 3.05) is 4.90 Å². The van der Waals surface area contributed by atoms with E-state index in [9.17, 15) is 0 Å². The molecule has 13 rings (SSSR count). The summed E-state index contributed by atoms with van der Waals surface area (Å²) in [4.78, 5) is 2.37. The zero-order valence-electron chi connectivity index (χ0n) is 35.4. The molecular weight excluding hydrogens is 789 g/mol. The highest BCUT2D eigenvalue weighted by Gasteiger charge is 2.18. The highest BCUT2D eigenvalue weighted by Crippen LogP contribution is 2.42. The van der Waals surface area contributed by atoms with E-state index in [1.54, 1.807) is 0 Å². The third kappa shape index (κ3) is 6.20. The number of benzene rings is 11. The Labute approximate surface area is 376 Å². The van der Waals surface area contributed by atoms with Crippen molar-refractivity contribution in [2.24, 2.45) is 0 Å². The van der Waals surface area contributed by atoms with Gasteiger partial charge >= 0.3 is 0 Å². The summed E-state index contributed by atoms with van der Waals surface area (Å²) in [5.74, 6) is 0. The Bertz CT molecular complexity index is 3880. The van der Waals surface area contributed by atoms with Gasteiger partial charge in [-0.1, -0.05) is 170 Å². The van der Waals surface area contributed by atoms with Crippen molar-refractivity contribution in [1.29, 1.82) is 0 Å². The molecule has 11 aromatic carbocycles. The number of nitrogens with zero attached hydrogens (tertiary/aromatic N) is 2. The topological polar surface area (TPSA) is 21.3 Å². The Kier molecular flexibility index (Phi) is 8.53. The van der Waals surface area contributed by atoms with Crippen LogP contribution in [0.25, 0.3) is 104 Å². The van der Waals surface area contributed by atoms with Gasteiger partial charge in [-0.25, -0.2) is 0 Å². The molecule has 0 radical (unpaired) electrons. The monoisotopic (exact) mass is 828 g/mol. The van der Waals surface area contributed by atoms with E-state index in [0.29, 0.717) is 0 Å². The highest BCUT2D eigenvalue weighted by atomic mass is 16.3. The predicted octanol–water partition coefficient (Wildman–Crippen LogP) is 17.5. The molecule has 0 aliphatic carbocycles. The molecule has 2 aromatic heterocycles. The number of aromatic nitrogens is 1. The number of para-hydroxylation sites is 3. The van der Waals surface area contributed by atoms with Crippen LogP contribution in [0.4, 0.5) is 17.1 Å². The Hall–Kier alpha value is -8.66. The van der Waals surface area contributed by atoms with Gasteiger partial charge in [-0.15, -0.1) is 0 Å². The van der Waals surface area contributed by atoms with Crippen LogP contribution in [0.15, 0.2) is 247 Å². The van der Waals surface area contributed by atoms with Gasteiger partial charge in [0.15, 0.2) is 0 Å². The fraction of sp³-hybridized carbons (Fsp3) is 0. The smallest absolute Gasteiger partial charge is 0.136 e. The number of furan rings is 1. The molecule has 0 spiro atoms. The van der Waals surface area contributed by atoms with Gasteiger partial charge < -0.3 is 13.9 Å². The molecule has 0 fully saturated rings. The van der Waals surface area contributed by atoms with Crippen LogP contribution in [0.5, 0.6) is 0 Å². The van der Waals surface area contributed by atoms with Crippen LogP contribution in [0, 0.1) is 0 Å². The van der Waals surface area contributed by atoms with E-state index >= 15 is 0 Å². The van der Waals surface area contributed by atoms with Crippen LogP contribution in [-0.2, 0) is 0 Å². The summed E-state index contributed by atoms with van der Waals surface area (Å²) in [7, 11) is 0. The standard InChI is InChI=1S/C62H40N2O/c1-2-14-52-44(11-1)27-28-46-33-38-51(40-57(46)52)63(49-36-31-45(32-37-49)53-18-10-22-61-62(53)56-17-5-8-21-60(56)65-61)48-34-29-42(30-35-48)41-23-25-43(26-24-41)47-12-9-13-50(39-47)64-58-19-6-3-15-54(58)55-16-4-7-20-59(55)64/h1-40H. The summed E-state index contributed by atoms with van der Waals surface area (Å²) >= 11 is 0. The molecular formula is C62H40N2O. The minimum atomic E-state index is 0.900. The van der Waals surface area contributed by atoms with Crippen LogP contribution < -0.4 is 4.90 Å². The number of hydrogen-bond acceptors (Lipinski definition) is 2. The summed E-state index contributed by atoms with van der Waals surface area (Å²) < 4.78 is 8.64. The maximum Gasteiger partial charge on any atom is 0.136 e. The van der Waals surface area contributed by atoms with Crippen molar-refractivity contribution >= 4 is 82.4 Å². The molecule has 65 heavy (non-hydrogen) atoms. The molecule has 0 aliphatic rings. The number of anilines is 3. The molecule has 3 nitrogen and oxygen atoms in total. The minimum absolute atomic E-state index is 0.900. The van der Waals surface area contributed by atoms with Crippen molar-refractivity contribution in [2.45, 2.75) is 0 Å². The van der Waals surface area contributed by atoms with Gasteiger partial charge in [0.25, 0.3) is 0 Å². The molecule has 0 saturated carbocycles. The maximum absolute atomic E-state index is 6.26. The largest absolute Gasteiger partial charge is 0.456 e. The molecule has 0 unspecified atom stereocenters. The van der Waals surface area contributed by atoms with Gasteiger partial charge in [-0.05, 0) is 128 Å². The zero-order chi connectivity index (χ0) is 42.8. The van der Waals surface area contributed by atoms with Crippen molar-refractivity contribution in [1.82, 2.24) is 4.57 Å². The zero-order valence-corrected chi connectivity index (χ0v) is 35.4. The van der Waals surface area contributed by atoms with Crippen molar-refractivity contribution in [3.05, 3.63) is 243 Å². The molecule has 0 saturated heterocycles. The van der Waals surface area contributed by atoms with E-state index < -0.39 is 0 Å². The van der Waals surface area contributed by atoms with Crippen molar-refractivity contribution in [3.8, 4) is 39.1 Å². The fourth-order valence-corrected chi connectivity index (χ4v) is 10.1. The average molecular weight is 829 g/mol. The second-order valence-corrected chi connectivity index (χ2v) is 16.9. The lowest BCUT2D eigenvalue weighted by molar-refractivity contribution is 0.669. The quantitative estimate of drug-likeness (QED) is 0.149. The Morgan fingerprint density at radius 1 is 0.308 bits per heavy atom. The van der Waals surface area contributed by atoms with E-state index in [4.69, 9.17) is 4.42 Å². The Balaban J connectivity index is 0.856. The van der Waals surface area contributed by atoms with Gasteiger partial charge in [-0.2, -0.15) is 0 Å². The van der Waals surface area contributed by atoms with Gasteiger partial charge in [0, 0.05) is 44.3 Å². The first-order valence-electron chi connectivity index (χ1n) is 22.2. The van der Waals surface area contributed by atoms with Gasteiger partial charge in [0.1, 0.15) is 11.2 Å². The second kappa shape index (κ2) is 15.0. The molecule has 0 atom stereocenters. The van der Waals surface area contributed by atoms with Crippen LogP contribution in [0.3, 0.4) is 0 Å². The van der Waals surface area contributed by atoms with E-state index in [1.807, 2.05) is 12.1 Å². The third-order valence-electron chi connectivity index (χ3n) is 13.2. The lowest BCUT2D eigenvalue weighted by Crippen LogP contribution is -2.09. The molecule has 2 heterocycles. The second-order valence-electron chi connectivity index (χ2n) is 16.9. The van der Waals surface area contributed by atoms with Crippen molar-refractivity contribution < 1.29 is 4.42 Å². The van der Waals surface area contributed by atoms with Crippen LogP contribution in [-0.4, -0.2) is 4.57 Å². The average Bonchev–Trinajstić information content (AvgIpc) is 3.93. The first-order valence-corrected chi connectivity index (χ1v) is 22.2. The van der Waals surface area contributed by atoms with Gasteiger partial charge in [0.2, 0.25) is 0 Å². The summed E-state index contributed by atoms with van der Waals surface area (Å²) in [5, 5.41) is 9.75. The predicted molar refractivity (Wildman–Crippen MR) is 274 cm³/mol. The SMILES string of the molecule is c1cc(-c2ccc(-c3ccc(N(c4ccc(-c5cccc6oc7ccccc7c56)cc4)c4ccc5ccc6ccccc6c5c4)cc3)cc2)cc(-n2c3ccccc3c3ccccc32)c1. The van der Waals surface area contributed by atoms with E-state index in [-0.39, 0.29) is 0 Å². The fourth-order valence-electron chi connectivity index (χ4n) is 10.1. The minimum Gasteiger partial charge on any atom is -0.456 e. The van der Waals surface area contributed by atoms with Crippen LogP contribution >= 0.6 is 0 Å².